The van der Waals surface area contributed by atoms with E-state index in [1.54, 1.807) is 0 Å². The minimum Gasteiger partial charge on any atom is -0.411 e. The largest absolute Gasteiger partial charge is 0.411 e. The van der Waals surface area contributed by atoms with Crippen molar-refractivity contribution in [1.82, 2.24) is 0 Å². The lowest BCUT2D eigenvalue weighted by Gasteiger charge is -2.03. The van der Waals surface area contributed by atoms with Crippen molar-refractivity contribution in [2.45, 2.75) is 3.74 Å². The molecule has 0 aliphatic carbocycles. The average Bonchev–Trinajstić information content (AvgIpc) is 2.07. The molecule has 64 valence electrons. The van der Waals surface area contributed by atoms with Gasteiger partial charge in [0, 0.05) is 5.56 Å². The Balaban J connectivity index is 2.97. The Labute approximate surface area is 87.5 Å². The quantitative estimate of drug-likeness (QED) is 0.386. The summed E-state index contributed by atoms with van der Waals surface area (Å²) < 4.78 is -0.127. The van der Waals surface area contributed by atoms with E-state index < -0.39 is 0 Å². The van der Waals surface area contributed by atoms with Crippen LogP contribution in [0.15, 0.2) is 35.5 Å². The fraction of sp³-hybridized carbons (Fsp3) is 0.125. The van der Waals surface area contributed by atoms with E-state index in [1.807, 2.05) is 30.3 Å². The summed E-state index contributed by atoms with van der Waals surface area (Å²) in [6.07, 6.45) is 0. The van der Waals surface area contributed by atoms with Crippen LogP contribution in [-0.2, 0) is 0 Å². The lowest BCUT2D eigenvalue weighted by atomic mass is 10.1. The van der Waals surface area contributed by atoms with Gasteiger partial charge in [-0.2, -0.15) is 0 Å². The average molecular weight is 293 g/mol. The summed E-state index contributed by atoms with van der Waals surface area (Å²) >= 11 is 6.53. The van der Waals surface area contributed by atoms with Crippen molar-refractivity contribution in [2.24, 2.45) is 5.16 Å². The third kappa shape index (κ3) is 2.32. The molecule has 1 rings (SSSR count). The highest BCUT2D eigenvalue weighted by molar-refractivity contribution is 9.25. The Morgan fingerprint density at radius 1 is 1.25 bits per heavy atom. The van der Waals surface area contributed by atoms with E-state index in [4.69, 9.17) is 5.21 Å². The Kier molecular flexibility index (Phi) is 3.75. The fourth-order valence-corrected chi connectivity index (χ4v) is 1.55. The Morgan fingerprint density at radius 2 is 1.83 bits per heavy atom. The standard InChI is InChI=1S/C8H7Br2NO/c9-8(10)7(11-12)6-4-2-1-3-5-6/h1-5,8,12H/b11-7+. The maximum Gasteiger partial charge on any atom is 0.116 e. The van der Waals surface area contributed by atoms with Gasteiger partial charge in [0.25, 0.3) is 0 Å². The van der Waals surface area contributed by atoms with Crippen molar-refractivity contribution < 1.29 is 5.21 Å². The first-order valence-corrected chi connectivity index (χ1v) is 5.14. The monoisotopic (exact) mass is 291 g/mol. The molecule has 4 heteroatoms. The van der Waals surface area contributed by atoms with Crippen LogP contribution < -0.4 is 0 Å². The van der Waals surface area contributed by atoms with E-state index in [9.17, 15) is 0 Å². The second-order valence-corrected chi connectivity index (χ2v) is 5.21. The molecule has 1 aromatic carbocycles. The van der Waals surface area contributed by atoms with Crippen molar-refractivity contribution >= 4 is 37.6 Å². The first-order chi connectivity index (χ1) is 5.75. The van der Waals surface area contributed by atoms with Gasteiger partial charge in [-0.25, -0.2) is 0 Å². The first kappa shape index (κ1) is 9.74. The minimum absolute atomic E-state index is 0.127. The van der Waals surface area contributed by atoms with Crippen LogP contribution in [0.2, 0.25) is 0 Å². The van der Waals surface area contributed by atoms with Crippen molar-refractivity contribution in [3.05, 3.63) is 35.9 Å². The molecule has 0 atom stereocenters. The van der Waals surface area contributed by atoms with Crippen LogP contribution in [0.25, 0.3) is 0 Å². The molecule has 1 aromatic rings. The summed E-state index contributed by atoms with van der Waals surface area (Å²) in [5.41, 5.74) is 1.45. The number of oxime groups is 1. The zero-order valence-corrected chi connectivity index (χ0v) is 9.29. The molecule has 0 aliphatic rings. The number of nitrogens with zero attached hydrogens (tertiary/aromatic N) is 1. The van der Waals surface area contributed by atoms with Crippen LogP contribution in [0.5, 0.6) is 0 Å². The van der Waals surface area contributed by atoms with E-state index in [1.165, 1.54) is 0 Å². The van der Waals surface area contributed by atoms with Crippen molar-refractivity contribution in [3.8, 4) is 0 Å². The van der Waals surface area contributed by atoms with Crippen molar-refractivity contribution in [1.29, 1.82) is 0 Å². The lowest BCUT2D eigenvalue weighted by molar-refractivity contribution is 0.319. The maximum atomic E-state index is 8.68. The Bertz CT molecular complexity index is 272. The fourth-order valence-electron chi connectivity index (χ4n) is 0.836. The SMILES string of the molecule is O/N=C(\c1ccccc1)C(Br)Br. The van der Waals surface area contributed by atoms with Crippen LogP contribution in [0.4, 0.5) is 0 Å². The van der Waals surface area contributed by atoms with Crippen LogP contribution >= 0.6 is 31.9 Å². The highest BCUT2D eigenvalue weighted by Gasteiger charge is 2.10. The summed E-state index contributed by atoms with van der Waals surface area (Å²) in [6.45, 7) is 0. The molecule has 0 heterocycles. The van der Waals surface area contributed by atoms with E-state index in [0.29, 0.717) is 5.71 Å². The van der Waals surface area contributed by atoms with E-state index in [2.05, 4.69) is 37.0 Å². The first-order valence-electron chi connectivity index (χ1n) is 3.31. The molecule has 0 spiro atoms. The molecule has 0 bridgehead atoms. The van der Waals surface area contributed by atoms with Gasteiger partial charge in [0.15, 0.2) is 0 Å². The van der Waals surface area contributed by atoms with E-state index in [0.717, 1.165) is 5.56 Å². The summed E-state index contributed by atoms with van der Waals surface area (Å²) in [7, 11) is 0. The van der Waals surface area contributed by atoms with Gasteiger partial charge >= 0.3 is 0 Å². The molecule has 12 heavy (non-hydrogen) atoms. The highest BCUT2D eigenvalue weighted by atomic mass is 79.9. The summed E-state index contributed by atoms with van der Waals surface area (Å²) in [4.78, 5) is 0. The van der Waals surface area contributed by atoms with Gasteiger partial charge in [-0.05, 0) is 0 Å². The van der Waals surface area contributed by atoms with Gasteiger partial charge in [0.2, 0.25) is 0 Å². The summed E-state index contributed by atoms with van der Waals surface area (Å²) in [6, 6.07) is 9.46. The molecular weight excluding hydrogens is 286 g/mol. The Hall–Kier alpha value is -0.350. The highest BCUT2D eigenvalue weighted by Crippen LogP contribution is 2.16. The van der Waals surface area contributed by atoms with Crippen LogP contribution in [-0.4, -0.2) is 14.7 Å². The van der Waals surface area contributed by atoms with Crippen LogP contribution in [0.1, 0.15) is 5.56 Å². The second kappa shape index (κ2) is 4.62. The molecule has 0 amide bonds. The molecule has 0 aromatic heterocycles. The van der Waals surface area contributed by atoms with Crippen LogP contribution in [0.3, 0.4) is 0 Å². The topological polar surface area (TPSA) is 32.6 Å². The number of hydrogen-bond donors (Lipinski definition) is 1. The Morgan fingerprint density at radius 3 is 2.25 bits per heavy atom. The number of halogens is 2. The van der Waals surface area contributed by atoms with Crippen LogP contribution in [0, 0.1) is 0 Å². The van der Waals surface area contributed by atoms with E-state index >= 15 is 0 Å². The molecule has 0 saturated carbocycles. The van der Waals surface area contributed by atoms with Gasteiger partial charge < -0.3 is 5.21 Å². The predicted molar refractivity (Wildman–Crippen MR) is 56.4 cm³/mol. The molecule has 0 fully saturated rings. The van der Waals surface area contributed by atoms with Crippen molar-refractivity contribution in [2.75, 3.05) is 0 Å². The van der Waals surface area contributed by atoms with Gasteiger partial charge in [0.05, 0.1) is 0 Å². The zero-order chi connectivity index (χ0) is 8.97. The number of hydrogen-bond acceptors (Lipinski definition) is 2. The van der Waals surface area contributed by atoms with Crippen molar-refractivity contribution in [3.63, 3.8) is 0 Å². The number of rotatable bonds is 2. The van der Waals surface area contributed by atoms with Gasteiger partial charge in [-0.3, -0.25) is 0 Å². The number of alkyl halides is 2. The summed E-state index contributed by atoms with van der Waals surface area (Å²) in [5, 5.41) is 11.9. The molecule has 0 saturated heterocycles. The second-order valence-electron chi connectivity index (χ2n) is 2.15. The molecule has 1 N–H and O–H groups in total. The molecular formula is C8H7Br2NO. The lowest BCUT2D eigenvalue weighted by Crippen LogP contribution is -2.08. The normalized spacial score (nSPS) is 12.1. The van der Waals surface area contributed by atoms with Gasteiger partial charge in [0.1, 0.15) is 9.45 Å². The smallest absolute Gasteiger partial charge is 0.116 e. The molecule has 0 aliphatic heterocycles. The maximum absolute atomic E-state index is 8.68. The predicted octanol–water partition coefficient (Wildman–Crippen LogP) is 2.98. The van der Waals surface area contributed by atoms with Gasteiger partial charge in [-0.15, -0.1) is 0 Å². The van der Waals surface area contributed by atoms with Gasteiger partial charge in [-0.1, -0.05) is 67.3 Å². The molecule has 2 nitrogen and oxygen atoms in total. The summed E-state index contributed by atoms with van der Waals surface area (Å²) in [5.74, 6) is 0. The molecule has 0 unspecified atom stereocenters. The third-order valence-electron chi connectivity index (χ3n) is 1.38. The zero-order valence-electron chi connectivity index (χ0n) is 6.11. The van der Waals surface area contributed by atoms with E-state index in [-0.39, 0.29) is 3.74 Å². The minimum atomic E-state index is -0.127. The molecule has 0 radical (unpaired) electrons. The number of benzene rings is 1. The third-order valence-corrected chi connectivity index (χ3v) is 2.25.